The van der Waals surface area contributed by atoms with Crippen LogP contribution in [-0.2, 0) is 9.47 Å². The Kier molecular flexibility index (Phi) is 4.73. The fourth-order valence-electron chi connectivity index (χ4n) is 1.47. The molecule has 0 saturated carbocycles. The van der Waals surface area contributed by atoms with Crippen LogP contribution in [0.15, 0.2) is 36.9 Å². The van der Waals surface area contributed by atoms with Gasteiger partial charge in [0.1, 0.15) is 0 Å². The van der Waals surface area contributed by atoms with Gasteiger partial charge in [0.05, 0.1) is 18.8 Å². The average Bonchev–Trinajstić information content (AvgIpc) is 2.35. The minimum atomic E-state index is -0.329. The predicted molar refractivity (Wildman–Crippen MR) is 62.3 cm³/mol. The third kappa shape index (κ3) is 2.94. The number of esters is 1. The van der Waals surface area contributed by atoms with Gasteiger partial charge >= 0.3 is 5.97 Å². The summed E-state index contributed by atoms with van der Waals surface area (Å²) in [6.45, 7) is 3.68. The highest BCUT2D eigenvalue weighted by molar-refractivity contribution is 5.89. The SMILES string of the molecule is C=CCC(OC)c1ccc(C(=O)OC)cc1. The maximum Gasteiger partial charge on any atom is 0.337 e. The molecule has 0 radical (unpaired) electrons. The topological polar surface area (TPSA) is 35.5 Å². The van der Waals surface area contributed by atoms with Crippen molar-refractivity contribution in [1.82, 2.24) is 0 Å². The zero-order valence-electron chi connectivity index (χ0n) is 9.60. The first-order valence-corrected chi connectivity index (χ1v) is 5.05. The van der Waals surface area contributed by atoms with Crippen molar-refractivity contribution < 1.29 is 14.3 Å². The Morgan fingerprint density at radius 3 is 2.44 bits per heavy atom. The molecule has 16 heavy (non-hydrogen) atoms. The van der Waals surface area contributed by atoms with E-state index in [0.717, 1.165) is 12.0 Å². The standard InChI is InChI=1S/C13H16O3/c1-4-5-12(15-2)10-6-8-11(9-7-10)13(14)16-3/h4,6-9,12H,1,5H2,2-3H3. The van der Waals surface area contributed by atoms with E-state index in [1.807, 2.05) is 18.2 Å². The number of rotatable bonds is 5. The summed E-state index contributed by atoms with van der Waals surface area (Å²) in [5, 5.41) is 0. The van der Waals surface area contributed by atoms with Gasteiger partial charge in [-0.15, -0.1) is 6.58 Å². The minimum absolute atomic E-state index is 0.0100. The van der Waals surface area contributed by atoms with Gasteiger partial charge in [0.15, 0.2) is 0 Å². The Bertz CT molecular complexity index is 354. The normalized spacial score (nSPS) is 11.9. The Morgan fingerprint density at radius 1 is 1.38 bits per heavy atom. The first-order chi connectivity index (χ1) is 7.72. The van der Waals surface area contributed by atoms with E-state index in [-0.39, 0.29) is 12.1 Å². The van der Waals surface area contributed by atoms with Crippen LogP contribution in [0.4, 0.5) is 0 Å². The van der Waals surface area contributed by atoms with Gasteiger partial charge in [-0.2, -0.15) is 0 Å². The molecule has 1 aromatic carbocycles. The van der Waals surface area contributed by atoms with Crippen LogP contribution >= 0.6 is 0 Å². The fourth-order valence-corrected chi connectivity index (χ4v) is 1.47. The lowest BCUT2D eigenvalue weighted by molar-refractivity contribution is 0.0600. The molecule has 1 rings (SSSR count). The molecule has 0 saturated heterocycles. The summed E-state index contributed by atoms with van der Waals surface area (Å²) in [4.78, 5) is 11.2. The van der Waals surface area contributed by atoms with E-state index in [1.165, 1.54) is 7.11 Å². The summed E-state index contributed by atoms with van der Waals surface area (Å²) in [5.74, 6) is -0.329. The molecule has 0 bridgehead atoms. The molecule has 0 spiro atoms. The first kappa shape index (κ1) is 12.5. The summed E-state index contributed by atoms with van der Waals surface area (Å²) in [5.41, 5.74) is 1.56. The molecule has 0 aliphatic heterocycles. The zero-order valence-corrected chi connectivity index (χ0v) is 9.60. The molecule has 3 nitrogen and oxygen atoms in total. The van der Waals surface area contributed by atoms with Crippen LogP contribution in [0.5, 0.6) is 0 Å². The molecule has 0 amide bonds. The fraction of sp³-hybridized carbons (Fsp3) is 0.308. The largest absolute Gasteiger partial charge is 0.465 e. The smallest absolute Gasteiger partial charge is 0.337 e. The van der Waals surface area contributed by atoms with Crippen LogP contribution in [0, 0.1) is 0 Å². The number of ether oxygens (including phenoxy) is 2. The van der Waals surface area contributed by atoms with Crippen molar-refractivity contribution in [3.05, 3.63) is 48.0 Å². The van der Waals surface area contributed by atoms with E-state index in [2.05, 4.69) is 11.3 Å². The van der Waals surface area contributed by atoms with E-state index in [1.54, 1.807) is 19.2 Å². The maximum absolute atomic E-state index is 11.2. The van der Waals surface area contributed by atoms with Gasteiger partial charge in [-0.05, 0) is 24.1 Å². The first-order valence-electron chi connectivity index (χ1n) is 5.05. The second kappa shape index (κ2) is 6.08. The summed E-state index contributed by atoms with van der Waals surface area (Å²) >= 11 is 0. The molecule has 1 unspecified atom stereocenters. The Hall–Kier alpha value is -1.61. The second-order valence-electron chi connectivity index (χ2n) is 3.36. The van der Waals surface area contributed by atoms with Gasteiger partial charge in [0.25, 0.3) is 0 Å². The molecule has 0 aromatic heterocycles. The molecule has 1 atom stereocenters. The second-order valence-corrected chi connectivity index (χ2v) is 3.36. The van der Waals surface area contributed by atoms with E-state index < -0.39 is 0 Å². The maximum atomic E-state index is 11.2. The summed E-state index contributed by atoms with van der Waals surface area (Å²) < 4.78 is 9.94. The van der Waals surface area contributed by atoms with E-state index in [4.69, 9.17) is 4.74 Å². The Balaban J connectivity index is 2.84. The van der Waals surface area contributed by atoms with Crippen molar-refractivity contribution in [2.75, 3.05) is 14.2 Å². The lowest BCUT2D eigenvalue weighted by atomic mass is 10.0. The summed E-state index contributed by atoms with van der Waals surface area (Å²) in [6.07, 6.45) is 2.54. The number of carbonyl (C=O) groups excluding carboxylic acids is 1. The lowest BCUT2D eigenvalue weighted by Gasteiger charge is -2.13. The van der Waals surface area contributed by atoms with Crippen molar-refractivity contribution in [1.29, 1.82) is 0 Å². The molecular formula is C13H16O3. The predicted octanol–water partition coefficient (Wildman–Crippen LogP) is 2.74. The Morgan fingerprint density at radius 2 is 2.00 bits per heavy atom. The highest BCUT2D eigenvalue weighted by Gasteiger charge is 2.10. The molecule has 0 fully saturated rings. The van der Waals surface area contributed by atoms with E-state index in [0.29, 0.717) is 5.56 Å². The number of hydrogen-bond acceptors (Lipinski definition) is 3. The number of methoxy groups -OCH3 is 2. The Labute approximate surface area is 95.7 Å². The van der Waals surface area contributed by atoms with E-state index in [9.17, 15) is 4.79 Å². The number of benzene rings is 1. The van der Waals surface area contributed by atoms with Gasteiger partial charge in [0, 0.05) is 7.11 Å². The monoisotopic (exact) mass is 220 g/mol. The third-order valence-electron chi connectivity index (χ3n) is 2.37. The third-order valence-corrected chi connectivity index (χ3v) is 2.37. The van der Waals surface area contributed by atoms with Crippen LogP contribution in [0.1, 0.15) is 28.4 Å². The van der Waals surface area contributed by atoms with Crippen LogP contribution in [0.2, 0.25) is 0 Å². The molecular weight excluding hydrogens is 204 g/mol. The molecule has 86 valence electrons. The van der Waals surface area contributed by atoms with Crippen molar-refractivity contribution in [2.24, 2.45) is 0 Å². The van der Waals surface area contributed by atoms with Gasteiger partial charge < -0.3 is 9.47 Å². The summed E-state index contributed by atoms with van der Waals surface area (Å²) in [7, 11) is 3.02. The molecule has 3 heteroatoms. The van der Waals surface area contributed by atoms with Gasteiger partial charge in [-0.25, -0.2) is 4.79 Å². The van der Waals surface area contributed by atoms with Crippen molar-refractivity contribution in [2.45, 2.75) is 12.5 Å². The molecule has 0 heterocycles. The minimum Gasteiger partial charge on any atom is -0.465 e. The van der Waals surface area contributed by atoms with Gasteiger partial charge in [-0.3, -0.25) is 0 Å². The summed E-state index contributed by atoms with van der Waals surface area (Å²) in [6, 6.07) is 7.19. The zero-order chi connectivity index (χ0) is 12.0. The number of hydrogen-bond donors (Lipinski definition) is 0. The van der Waals surface area contributed by atoms with Crippen molar-refractivity contribution >= 4 is 5.97 Å². The number of carbonyl (C=O) groups is 1. The van der Waals surface area contributed by atoms with Crippen molar-refractivity contribution in [3.8, 4) is 0 Å². The van der Waals surface area contributed by atoms with Crippen LogP contribution < -0.4 is 0 Å². The van der Waals surface area contributed by atoms with Crippen LogP contribution in [-0.4, -0.2) is 20.2 Å². The van der Waals surface area contributed by atoms with Crippen LogP contribution in [0.25, 0.3) is 0 Å². The van der Waals surface area contributed by atoms with Crippen LogP contribution in [0.3, 0.4) is 0 Å². The average molecular weight is 220 g/mol. The van der Waals surface area contributed by atoms with E-state index >= 15 is 0 Å². The molecule has 0 aliphatic rings. The highest BCUT2D eigenvalue weighted by atomic mass is 16.5. The molecule has 0 aliphatic carbocycles. The van der Waals surface area contributed by atoms with Gasteiger partial charge in [-0.1, -0.05) is 18.2 Å². The van der Waals surface area contributed by atoms with Crippen molar-refractivity contribution in [3.63, 3.8) is 0 Å². The molecule has 1 aromatic rings. The lowest BCUT2D eigenvalue weighted by Crippen LogP contribution is -2.03. The quantitative estimate of drug-likeness (QED) is 0.565. The highest BCUT2D eigenvalue weighted by Crippen LogP contribution is 2.21. The van der Waals surface area contributed by atoms with Gasteiger partial charge in [0.2, 0.25) is 0 Å². The molecule has 0 N–H and O–H groups in total.